The highest BCUT2D eigenvalue weighted by atomic mass is 79.9. The molecule has 0 bridgehead atoms. The number of hydrogen-bond donors (Lipinski definition) is 1. The molecule has 1 aromatic rings. The predicted octanol–water partition coefficient (Wildman–Crippen LogP) is 4.66. The minimum Gasteiger partial charge on any atom is -0.453 e. The van der Waals surface area contributed by atoms with Crippen LogP contribution >= 0.6 is 15.9 Å². The zero-order chi connectivity index (χ0) is 12.1. The number of rotatable bonds is 5. The molecule has 0 aliphatic heterocycles. The van der Waals surface area contributed by atoms with Crippen LogP contribution in [0.4, 0.5) is 0 Å². The van der Waals surface area contributed by atoms with E-state index in [-0.39, 0.29) is 0 Å². The highest BCUT2D eigenvalue weighted by molar-refractivity contribution is 9.10. The second-order valence-corrected chi connectivity index (χ2v) is 5.77. The first kappa shape index (κ1) is 13.2. The number of furan rings is 1. The lowest BCUT2D eigenvalue weighted by Crippen LogP contribution is -2.24. The van der Waals surface area contributed by atoms with Crippen LogP contribution in [0.25, 0.3) is 0 Å². The van der Waals surface area contributed by atoms with E-state index in [1.165, 1.54) is 38.5 Å². The molecular formula is C14H22BrNO. The summed E-state index contributed by atoms with van der Waals surface area (Å²) in [5, 5.41) is 3.54. The topological polar surface area (TPSA) is 25.2 Å². The Balaban J connectivity index is 1.96. The fourth-order valence-corrected chi connectivity index (χ4v) is 3.14. The summed E-state index contributed by atoms with van der Waals surface area (Å²) >= 11 is 3.38. The molecule has 1 heterocycles. The standard InChI is InChI=1S/C14H22BrNO/c1-2-16-12(13-8-9-14(15)17-13)10-11-6-4-3-5-7-11/h8-9,11-12,16H,2-7,10H2,1H3. The molecule has 1 unspecified atom stereocenters. The van der Waals surface area contributed by atoms with Gasteiger partial charge in [0.15, 0.2) is 4.67 Å². The van der Waals surface area contributed by atoms with Crippen LogP contribution in [-0.2, 0) is 0 Å². The SMILES string of the molecule is CCNC(CC1CCCCC1)c1ccc(Br)o1. The van der Waals surface area contributed by atoms with Crippen molar-refractivity contribution in [3.63, 3.8) is 0 Å². The maximum atomic E-state index is 5.69. The first-order valence-electron chi connectivity index (χ1n) is 6.78. The van der Waals surface area contributed by atoms with E-state index in [1.54, 1.807) is 0 Å². The van der Waals surface area contributed by atoms with Gasteiger partial charge in [-0.2, -0.15) is 0 Å². The number of hydrogen-bond acceptors (Lipinski definition) is 2. The summed E-state index contributed by atoms with van der Waals surface area (Å²) in [6.07, 6.45) is 8.24. The van der Waals surface area contributed by atoms with Crippen LogP contribution in [0.2, 0.25) is 0 Å². The average Bonchev–Trinajstić information content (AvgIpc) is 2.77. The van der Waals surface area contributed by atoms with Gasteiger partial charge in [-0.15, -0.1) is 0 Å². The van der Waals surface area contributed by atoms with Gasteiger partial charge in [0.2, 0.25) is 0 Å². The Bertz CT molecular complexity index is 331. The largest absolute Gasteiger partial charge is 0.453 e. The third-order valence-corrected chi connectivity index (χ3v) is 4.11. The highest BCUT2D eigenvalue weighted by Gasteiger charge is 2.21. The van der Waals surface area contributed by atoms with Crippen molar-refractivity contribution in [3.05, 3.63) is 22.6 Å². The zero-order valence-electron chi connectivity index (χ0n) is 10.5. The Labute approximate surface area is 112 Å². The molecule has 2 nitrogen and oxygen atoms in total. The van der Waals surface area contributed by atoms with Gasteiger partial charge >= 0.3 is 0 Å². The van der Waals surface area contributed by atoms with E-state index in [4.69, 9.17) is 4.42 Å². The first-order chi connectivity index (χ1) is 8.29. The van der Waals surface area contributed by atoms with Crippen molar-refractivity contribution in [1.29, 1.82) is 0 Å². The van der Waals surface area contributed by atoms with Crippen molar-refractivity contribution in [2.24, 2.45) is 5.92 Å². The van der Waals surface area contributed by atoms with Gasteiger partial charge in [-0.05, 0) is 46.9 Å². The van der Waals surface area contributed by atoms with E-state index in [2.05, 4.69) is 34.2 Å². The van der Waals surface area contributed by atoms with Crippen LogP contribution in [0.3, 0.4) is 0 Å². The summed E-state index contributed by atoms with van der Waals surface area (Å²) in [6.45, 7) is 3.15. The summed E-state index contributed by atoms with van der Waals surface area (Å²) in [4.78, 5) is 0. The lowest BCUT2D eigenvalue weighted by Gasteiger charge is -2.26. The minimum atomic E-state index is 0.384. The molecule has 3 heteroatoms. The minimum absolute atomic E-state index is 0.384. The monoisotopic (exact) mass is 299 g/mol. The maximum Gasteiger partial charge on any atom is 0.169 e. The summed E-state index contributed by atoms with van der Waals surface area (Å²) in [5.41, 5.74) is 0. The molecule has 96 valence electrons. The van der Waals surface area contributed by atoms with E-state index >= 15 is 0 Å². The van der Waals surface area contributed by atoms with Crippen LogP contribution < -0.4 is 5.32 Å². The van der Waals surface area contributed by atoms with Crippen molar-refractivity contribution in [2.45, 2.75) is 51.5 Å². The molecule has 1 atom stereocenters. The molecule has 0 spiro atoms. The molecule has 1 N–H and O–H groups in total. The molecular weight excluding hydrogens is 278 g/mol. The van der Waals surface area contributed by atoms with Crippen LogP contribution in [0, 0.1) is 5.92 Å². The Morgan fingerprint density at radius 3 is 2.71 bits per heavy atom. The molecule has 0 aromatic carbocycles. The Hall–Kier alpha value is -0.280. The Morgan fingerprint density at radius 2 is 2.12 bits per heavy atom. The average molecular weight is 300 g/mol. The molecule has 1 aromatic heterocycles. The molecule has 17 heavy (non-hydrogen) atoms. The van der Waals surface area contributed by atoms with Crippen LogP contribution in [-0.4, -0.2) is 6.54 Å². The second-order valence-electron chi connectivity index (χ2n) is 4.99. The van der Waals surface area contributed by atoms with Gasteiger partial charge in [0.25, 0.3) is 0 Å². The van der Waals surface area contributed by atoms with Crippen molar-refractivity contribution in [1.82, 2.24) is 5.32 Å². The van der Waals surface area contributed by atoms with Gasteiger partial charge in [-0.3, -0.25) is 0 Å². The van der Waals surface area contributed by atoms with E-state index in [1.807, 2.05) is 6.07 Å². The number of nitrogens with one attached hydrogen (secondary N) is 1. The summed E-state index contributed by atoms with van der Waals surface area (Å²) in [7, 11) is 0. The lowest BCUT2D eigenvalue weighted by atomic mass is 9.84. The molecule has 1 aliphatic carbocycles. The predicted molar refractivity (Wildman–Crippen MR) is 74.0 cm³/mol. The molecule has 0 saturated heterocycles. The molecule has 1 aliphatic rings. The molecule has 0 amide bonds. The van der Waals surface area contributed by atoms with Crippen molar-refractivity contribution in [3.8, 4) is 0 Å². The first-order valence-corrected chi connectivity index (χ1v) is 7.57. The summed E-state index contributed by atoms with van der Waals surface area (Å²) < 4.78 is 6.53. The second kappa shape index (κ2) is 6.60. The highest BCUT2D eigenvalue weighted by Crippen LogP contribution is 2.32. The van der Waals surface area contributed by atoms with Gasteiger partial charge < -0.3 is 9.73 Å². The Kier molecular flexibility index (Phi) is 5.11. The van der Waals surface area contributed by atoms with Crippen molar-refractivity contribution in [2.75, 3.05) is 6.54 Å². The normalized spacial score (nSPS) is 19.4. The summed E-state index contributed by atoms with van der Waals surface area (Å²) in [5.74, 6) is 1.95. The van der Waals surface area contributed by atoms with Crippen molar-refractivity contribution < 1.29 is 4.42 Å². The zero-order valence-corrected chi connectivity index (χ0v) is 12.1. The summed E-state index contributed by atoms with van der Waals surface area (Å²) in [6, 6.07) is 4.45. The van der Waals surface area contributed by atoms with Crippen LogP contribution in [0.5, 0.6) is 0 Å². The lowest BCUT2D eigenvalue weighted by molar-refractivity contribution is 0.280. The van der Waals surface area contributed by atoms with E-state index in [9.17, 15) is 0 Å². The molecule has 1 saturated carbocycles. The van der Waals surface area contributed by atoms with Gasteiger partial charge in [0.05, 0.1) is 6.04 Å². The van der Waals surface area contributed by atoms with Crippen LogP contribution in [0.15, 0.2) is 21.2 Å². The van der Waals surface area contributed by atoms with E-state index in [0.717, 1.165) is 22.9 Å². The molecule has 0 radical (unpaired) electrons. The van der Waals surface area contributed by atoms with Gasteiger partial charge in [0, 0.05) is 0 Å². The maximum absolute atomic E-state index is 5.69. The number of halogens is 1. The van der Waals surface area contributed by atoms with Gasteiger partial charge in [-0.1, -0.05) is 39.0 Å². The smallest absolute Gasteiger partial charge is 0.169 e. The fourth-order valence-electron chi connectivity index (χ4n) is 2.82. The third kappa shape index (κ3) is 3.85. The third-order valence-electron chi connectivity index (χ3n) is 3.68. The quantitative estimate of drug-likeness (QED) is 0.855. The van der Waals surface area contributed by atoms with Gasteiger partial charge in [-0.25, -0.2) is 0 Å². The fraction of sp³-hybridized carbons (Fsp3) is 0.714. The molecule has 1 fully saturated rings. The van der Waals surface area contributed by atoms with E-state index in [0.29, 0.717) is 6.04 Å². The Morgan fingerprint density at radius 1 is 1.35 bits per heavy atom. The van der Waals surface area contributed by atoms with Crippen LogP contribution in [0.1, 0.15) is 57.3 Å². The van der Waals surface area contributed by atoms with Crippen molar-refractivity contribution >= 4 is 15.9 Å². The molecule has 2 rings (SSSR count). The van der Waals surface area contributed by atoms with E-state index < -0.39 is 0 Å². The van der Waals surface area contributed by atoms with Gasteiger partial charge in [0.1, 0.15) is 5.76 Å².